The van der Waals surface area contributed by atoms with Crippen molar-refractivity contribution in [3.05, 3.63) is 83.9 Å². The maximum Gasteiger partial charge on any atom is 0.677 e. The van der Waals surface area contributed by atoms with Crippen LogP contribution < -0.4 is 0 Å². The molecule has 3 aromatic rings. The van der Waals surface area contributed by atoms with Gasteiger partial charge in [0.15, 0.2) is 5.78 Å². The SMILES string of the molecule is Cc1c(C(=O)COB(O)F)ccc(-c2ccccc2)c1-c1ccccc1.[As]. The van der Waals surface area contributed by atoms with Crippen molar-refractivity contribution < 1.29 is 18.8 Å². The Morgan fingerprint density at radius 1 is 0.963 bits per heavy atom. The first-order valence-electron chi connectivity index (χ1n) is 8.29. The van der Waals surface area contributed by atoms with Crippen LogP contribution in [-0.4, -0.2) is 42.8 Å². The molecule has 3 aromatic carbocycles. The molecule has 3 rings (SSSR count). The summed E-state index contributed by atoms with van der Waals surface area (Å²) >= 11 is 0. The van der Waals surface area contributed by atoms with Gasteiger partial charge in [-0.15, -0.1) is 0 Å². The summed E-state index contributed by atoms with van der Waals surface area (Å²) in [6.07, 6.45) is 0. The van der Waals surface area contributed by atoms with Gasteiger partial charge < -0.3 is 9.68 Å². The van der Waals surface area contributed by atoms with Gasteiger partial charge in [-0.05, 0) is 34.7 Å². The molecule has 0 bridgehead atoms. The van der Waals surface area contributed by atoms with E-state index in [4.69, 9.17) is 5.02 Å². The first-order valence-corrected chi connectivity index (χ1v) is 8.29. The van der Waals surface area contributed by atoms with Crippen molar-refractivity contribution in [1.29, 1.82) is 0 Å². The van der Waals surface area contributed by atoms with E-state index in [1.54, 1.807) is 6.07 Å². The number of hydrogen-bond donors (Lipinski definition) is 1. The summed E-state index contributed by atoms with van der Waals surface area (Å²) < 4.78 is 16.9. The molecule has 0 aliphatic rings. The molecular formula is C21H18AsBFO3. The Morgan fingerprint density at radius 3 is 2.07 bits per heavy atom. The molecule has 0 fully saturated rings. The molecule has 27 heavy (non-hydrogen) atoms. The Kier molecular flexibility index (Phi) is 7.55. The molecule has 0 aliphatic carbocycles. The van der Waals surface area contributed by atoms with Crippen molar-refractivity contribution in [3.63, 3.8) is 0 Å². The first-order chi connectivity index (χ1) is 12.6. The second-order valence-electron chi connectivity index (χ2n) is 5.92. The van der Waals surface area contributed by atoms with Crippen LogP contribution in [0.2, 0.25) is 0 Å². The fourth-order valence-electron chi connectivity index (χ4n) is 3.07. The minimum atomic E-state index is -2.46. The molecule has 0 aromatic heterocycles. The molecule has 3 radical (unpaired) electrons. The van der Waals surface area contributed by atoms with Crippen LogP contribution in [-0.2, 0) is 4.65 Å². The van der Waals surface area contributed by atoms with Gasteiger partial charge >= 0.3 is 7.40 Å². The van der Waals surface area contributed by atoms with E-state index < -0.39 is 14.0 Å². The predicted octanol–water partition coefficient (Wildman–Crippen LogP) is 4.09. The summed E-state index contributed by atoms with van der Waals surface area (Å²) in [5.74, 6) is -0.379. The Bertz CT molecular complexity index is 902. The average Bonchev–Trinajstić information content (AvgIpc) is 2.67. The van der Waals surface area contributed by atoms with Gasteiger partial charge in [-0.3, -0.25) is 9.11 Å². The number of halogens is 1. The van der Waals surface area contributed by atoms with E-state index in [0.717, 1.165) is 27.8 Å². The third-order valence-corrected chi connectivity index (χ3v) is 4.26. The summed E-state index contributed by atoms with van der Waals surface area (Å²) in [5, 5.41) is 8.60. The molecule has 3 nitrogen and oxygen atoms in total. The van der Waals surface area contributed by atoms with E-state index in [0.29, 0.717) is 5.56 Å². The Morgan fingerprint density at radius 2 is 1.52 bits per heavy atom. The van der Waals surface area contributed by atoms with E-state index in [1.807, 2.05) is 73.7 Å². The van der Waals surface area contributed by atoms with Crippen LogP contribution >= 0.6 is 0 Å². The number of carbonyl (C=O) groups is 1. The monoisotopic (exact) mass is 423 g/mol. The molecule has 0 aliphatic heterocycles. The third kappa shape index (κ3) is 4.95. The quantitative estimate of drug-likeness (QED) is 0.480. The van der Waals surface area contributed by atoms with Crippen LogP contribution in [0.5, 0.6) is 0 Å². The number of carbonyl (C=O) groups excluding carboxylic acids is 1. The van der Waals surface area contributed by atoms with E-state index in [9.17, 15) is 9.11 Å². The molecule has 1 N–H and O–H groups in total. The number of Topliss-reactive ketones (excluding diaryl/α,β-unsaturated/α-hetero) is 1. The summed E-state index contributed by atoms with van der Waals surface area (Å²) in [7, 11) is -2.46. The maximum absolute atomic E-state index is 12.5. The number of benzene rings is 3. The molecular weight excluding hydrogens is 405 g/mol. The van der Waals surface area contributed by atoms with Crippen LogP contribution in [0.3, 0.4) is 0 Å². The van der Waals surface area contributed by atoms with Gasteiger partial charge in [0, 0.05) is 23.5 Å². The van der Waals surface area contributed by atoms with Gasteiger partial charge in [0.1, 0.15) is 0 Å². The number of rotatable bonds is 6. The summed E-state index contributed by atoms with van der Waals surface area (Å²) in [6, 6.07) is 23.4. The summed E-state index contributed by atoms with van der Waals surface area (Å²) in [5.41, 5.74) is 5.23. The normalized spacial score (nSPS) is 10.2. The van der Waals surface area contributed by atoms with Crippen molar-refractivity contribution in [1.82, 2.24) is 0 Å². The van der Waals surface area contributed by atoms with Gasteiger partial charge in [-0.2, -0.15) is 0 Å². The van der Waals surface area contributed by atoms with E-state index in [-0.39, 0.29) is 23.7 Å². The van der Waals surface area contributed by atoms with E-state index in [1.165, 1.54) is 0 Å². The van der Waals surface area contributed by atoms with Gasteiger partial charge in [0.05, 0.1) is 6.61 Å². The molecule has 0 saturated carbocycles. The van der Waals surface area contributed by atoms with Crippen LogP contribution in [0.4, 0.5) is 4.32 Å². The first kappa shape index (κ1) is 21.1. The zero-order chi connectivity index (χ0) is 18.5. The molecule has 0 heterocycles. The van der Waals surface area contributed by atoms with Crippen molar-refractivity contribution >= 4 is 31.1 Å². The molecule has 0 atom stereocenters. The Hall–Kier alpha value is -2.20. The second-order valence-corrected chi connectivity index (χ2v) is 5.92. The topological polar surface area (TPSA) is 46.5 Å². The van der Waals surface area contributed by atoms with Crippen molar-refractivity contribution in [2.45, 2.75) is 6.92 Å². The van der Waals surface area contributed by atoms with Crippen molar-refractivity contribution in [2.75, 3.05) is 6.61 Å². The Balaban J connectivity index is 0.00000261. The van der Waals surface area contributed by atoms with E-state index in [2.05, 4.69) is 4.65 Å². The van der Waals surface area contributed by atoms with Gasteiger partial charge in [0.25, 0.3) is 0 Å². The minimum Gasteiger partial charge on any atom is -0.398 e. The summed E-state index contributed by atoms with van der Waals surface area (Å²) in [4.78, 5) is 12.4. The fourth-order valence-corrected chi connectivity index (χ4v) is 3.07. The van der Waals surface area contributed by atoms with Gasteiger partial charge in [0.2, 0.25) is 0 Å². The third-order valence-electron chi connectivity index (χ3n) is 4.26. The smallest absolute Gasteiger partial charge is 0.398 e. The molecule has 0 amide bonds. The van der Waals surface area contributed by atoms with Crippen molar-refractivity contribution in [3.8, 4) is 22.3 Å². The zero-order valence-corrected chi connectivity index (χ0v) is 16.7. The predicted molar refractivity (Wildman–Crippen MR) is 107 cm³/mol. The Labute approximate surface area is 169 Å². The molecule has 135 valence electrons. The fraction of sp³-hybridized carbons (Fsp3) is 0.0952. The van der Waals surface area contributed by atoms with E-state index >= 15 is 0 Å². The zero-order valence-electron chi connectivity index (χ0n) is 14.8. The van der Waals surface area contributed by atoms with Crippen LogP contribution in [0.25, 0.3) is 22.3 Å². The molecule has 0 unspecified atom stereocenters. The van der Waals surface area contributed by atoms with Crippen LogP contribution in [0.1, 0.15) is 15.9 Å². The minimum absolute atomic E-state index is 0. The largest absolute Gasteiger partial charge is 0.677 e. The van der Waals surface area contributed by atoms with Crippen molar-refractivity contribution in [2.24, 2.45) is 0 Å². The van der Waals surface area contributed by atoms with Gasteiger partial charge in [-0.1, -0.05) is 72.8 Å². The maximum atomic E-state index is 12.5. The van der Waals surface area contributed by atoms with Gasteiger partial charge in [-0.25, -0.2) is 0 Å². The summed E-state index contributed by atoms with van der Waals surface area (Å²) in [6.45, 7) is 1.35. The standard InChI is InChI=1S/C21H18BFO3.As/c1-15-18(20(24)14-26-22(23)25)12-13-19(16-8-4-2-5-9-16)21(15)17-10-6-3-7-11-17;/h2-13,25H,14H2,1H3;. The second kappa shape index (κ2) is 9.66. The van der Waals surface area contributed by atoms with Crippen LogP contribution in [0, 0.1) is 6.92 Å². The molecule has 0 spiro atoms. The number of hydrogen-bond acceptors (Lipinski definition) is 3. The molecule has 6 heteroatoms. The number of ketones is 1. The molecule has 0 saturated heterocycles. The van der Waals surface area contributed by atoms with Crippen LogP contribution in [0.15, 0.2) is 72.8 Å². The average molecular weight is 423 g/mol.